The van der Waals surface area contributed by atoms with E-state index in [0.717, 1.165) is 33.0 Å². The maximum absolute atomic E-state index is 5.04. The van der Waals surface area contributed by atoms with Crippen LogP contribution in [0.15, 0.2) is 34.3 Å². The average Bonchev–Trinajstić information content (AvgIpc) is 2.55. The average molecular weight is 456 g/mol. The van der Waals surface area contributed by atoms with E-state index in [0.29, 0.717) is 0 Å². The van der Waals surface area contributed by atoms with Gasteiger partial charge in [0.05, 0.1) is 11.4 Å². The molecule has 0 spiro atoms. The summed E-state index contributed by atoms with van der Waals surface area (Å²) in [5.74, 6) is 2.16. The molecule has 28 heavy (non-hydrogen) atoms. The van der Waals surface area contributed by atoms with Gasteiger partial charge in [-0.05, 0) is 63.8 Å². The first-order valence-corrected chi connectivity index (χ1v) is 10.9. The predicted octanol–water partition coefficient (Wildman–Crippen LogP) is 7.23. The molecule has 0 unspecified atom stereocenters. The maximum Gasteiger partial charge on any atom is 2.00 e. The topological polar surface area (TPSA) is 24.7 Å². The quantitative estimate of drug-likeness (QED) is 0.352. The molecular formula is C23H29N2NiS2+. The van der Waals surface area contributed by atoms with Crippen LogP contribution in [0.3, 0.4) is 0 Å². The molecule has 1 aliphatic heterocycles. The largest absolute Gasteiger partial charge is 2.00 e. The van der Waals surface area contributed by atoms with Crippen molar-refractivity contribution in [2.45, 2.75) is 41.5 Å². The Bertz CT molecular complexity index is 795. The third-order valence-electron chi connectivity index (χ3n) is 4.44. The summed E-state index contributed by atoms with van der Waals surface area (Å²) in [5, 5.41) is 2.10. The monoisotopic (exact) mass is 455 g/mol. The zero-order valence-corrected chi connectivity index (χ0v) is 20.4. The molecule has 1 saturated heterocycles. The molecule has 152 valence electrons. The minimum atomic E-state index is 0. The number of thioether (sulfide) groups is 2. The van der Waals surface area contributed by atoms with Crippen LogP contribution in [-0.2, 0) is 16.5 Å². The Labute approximate surface area is 189 Å². The standard InChI is InChI=1S/C22H26N2S2.CH3.Ni/c1-13-9-15(3)19(16(4)10-13)23-21-22(26-8-7-25-21)24-20-17(5)11-14(2)12-18(20)6;;/h9-12H,7-8H2,1-6H3;1H3;/q;-1;+2. The molecule has 0 aliphatic carbocycles. The van der Waals surface area contributed by atoms with Gasteiger partial charge in [-0.15, -0.1) is 23.5 Å². The van der Waals surface area contributed by atoms with Crippen LogP contribution < -0.4 is 0 Å². The van der Waals surface area contributed by atoms with E-state index in [1.54, 1.807) is 0 Å². The van der Waals surface area contributed by atoms with Crippen LogP contribution in [-0.4, -0.2) is 21.6 Å². The Morgan fingerprint density at radius 1 is 0.607 bits per heavy atom. The molecule has 3 rings (SSSR count). The molecule has 1 heterocycles. The van der Waals surface area contributed by atoms with Gasteiger partial charge < -0.3 is 7.43 Å². The third-order valence-corrected chi connectivity index (χ3v) is 6.76. The molecule has 2 aromatic carbocycles. The van der Waals surface area contributed by atoms with Crippen LogP contribution in [0.1, 0.15) is 33.4 Å². The van der Waals surface area contributed by atoms with Crippen molar-refractivity contribution < 1.29 is 16.5 Å². The number of hydrogen-bond donors (Lipinski definition) is 0. The minimum Gasteiger partial charge on any atom is -0.358 e. The molecule has 0 bridgehead atoms. The van der Waals surface area contributed by atoms with Gasteiger partial charge in [-0.1, -0.05) is 35.4 Å². The van der Waals surface area contributed by atoms with E-state index in [1.165, 1.54) is 33.4 Å². The molecule has 2 nitrogen and oxygen atoms in total. The number of benzene rings is 2. The smallest absolute Gasteiger partial charge is 0.358 e. The van der Waals surface area contributed by atoms with Gasteiger partial charge in [0.2, 0.25) is 0 Å². The number of aliphatic imine (C=N–C) groups is 2. The number of aryl methyl sites for hydroxylation is 6. The second-order valence-corrected chi connectivity index (χ2v) is 9.19. The van der Waals surface area contributed by atoms with Crippen molar-refractivity contribution in [1.29, 1.82) is 0 Å². The second kappa shape index (κ2) is 10.7. The Balaban J connectivity index is 0.00000196. The summed E-state index contributed by atoms with van der Waals surface area (Å²) in [5.41, 5.74) is 9.67. The van der Waals surface area contributed by atoms with Gasteiger partial charge in [0, 0.05) is 11.5 Å². The molecule has 0 aromatic heterocycles. The summed E-state index contributed by atoms with van der Waals surface area (Å²) in [6.07, 6.45) is 0. The fraction of sp³-hybridized carbons (Fsp3) is 0.348. The summed E-state index contributed by atoms with van der Waals surface area (Å²) in [7, 11) is 0. The first kappa shape index (κ1) is 25.0. The van der Waals surface area contributed by atoms with Gasteiger partial charge in [0.25, 0.3) is 0 Å². The Kier molecular flexibility index (Phi) is 9.53. The van der Waals surface area contributed by atoms with Crippen LogP contribution in [0.4, 0.5) is 11.4 Å². The van der Waals surface area contributed by atoms with Gasteiger partial charge in [0.1, 0.15) is 10.1 Å². The SMILES string of the molecule is Cc1cc(C)c(N=C2SCCSC2=Nc2c(C)cc(C)cc2C)c(C)c1.[CH3-].[Ni+2]. The minimum absolute atomic E-state index is 0. The van der Waals surface area contributed by atoms with Crippen molar-refractivity contribution in [3.05, 3.63) is 65.1 Å². The number of rotatable bonds is 2. The summed E-state index contributed by atoms with van der Waals surface area (Å²) in [6.45, 7) is 12.8. The summed E-state index contributed by atoms with van der Waals surface area (Å²) >= 11 is 3.64. The molecule has 2 aromatic rings. The first-order valence-electron chi connectivity index (χ1n) is 8.94. The van der Waals surface area contributed by atoms with Crippen molar-refractivity contribution in [3.63, 3.8) is 0 Å². The zero-order chi connectivity index (χ0) is 18.8. The Morgan fingerprint density at radius 2 is 0.893 bits per heavy atom. The van der Waals surface area contributed by atoms with Crippen molar-refractivity contribution in [3.8, 4) is 0 Å². The van der Waals surface area contributed by atoms with Crippen LogP contribution in [0.5, 0.6) is 0 Å². The normalized spacial score (nSPS) is 16.6. The number of hydrogen-bond acceptors (Lipinski definition) is 4. The van der Waals surface area contributed by atoms with Gasteiger partial charge >= 0.3 is 16.5 Å². The van der Waals surface area contributed by atoms with Crippen molar-refractivity contribution in [1.82, 2.24) is 0 Å². The summed E-state index contributed by atoms with van der Waals surface area (Å²) in [4.78, 5) is 10.1. The van der Waals surface area contributed by atoms with E-state index in [-0.39, 0.29) is 23.9 Å². The van der Waals surface area contributed by atoms with Gasteiger partial charge in [-0.3, -0.25) is 0 Å². The molecule has 0 amide bonds. The molecular weight excluding hydrogens is 427 g/mol. The van der Waals surface area contributed by atoms with Crippen LogP contribution in [0, 0.1) is 49.0 Å². The van der Waals surface area contributed by atoms with Crippen molar-refractivity contribution in [2.75, 3.05) is 11.5 Å². The summed E-state index contributed by atoms with van der Waals surface area (Å²) in [6, 6.07) is 8.83. The zero-order valence-electron chi connectivity index (χ0n) is 17.8. The molecule has 0 atom stereocenters. The molecule has 0 radical (unpaired) electrons. The summed E-state index contributed by atoms with van der Waals surface area (Å²) < 4.78 is 0. The van der Waals surface area contributed by atoms with Gasteiger partial charge in [-0.25, -0.2) is 9.98 Å². The molecule has 0 saturated carbocycles. The first-order chi connectivity index (χ1) is 12.3. The van der Waals surface area contributed by atoms with Crippen LogP contribution in [0.2, 0.25) is 0 Å². The second-order valence-electron chi connectivity index (χ2n) is 7.03. The van der Waals surface area contributed by atoms with E-state index < -0.39 is 0 Å². The maximum atomic E-state index is 5.04. The third kappa shape index (κ3) is 5.75. The van der Waals surface area contributed by atoms with Gasteiger partial charge in [0.15, 0.2) is 0 Å². The number of nitrogens with zero attached hydrogens (tertiary/aromatic N) is 2. The van der Waals surface area contributed by atoms with E-state index in [2.05, 4.69) is 65.8 Å². The molecule has 5 heteroatoms. The Morgan fingerprint density at radius 3 is 1.18 bits per heavy atom. The van der Waals surface area contributed by atoms with E-state index in [4.69, 9.17) is 9.98 Å². The predicted molar refractivity (Wildman–Crippen MR) is 127 cm³/mol. The van der Waals surface area contributed by atoms with E-state index in [9.17, 15) is 0 Å². The molecule has 0 N–H and O–H groups in total. The fourth-order valence-corrected chi connectivity index (χ4v) is 5.52. The van der Waals surface area contributed by atoms with Gasteiger partial charge in [-0.2, -0.15) is 0 Å². The molecule has 1 fully saturated rings. The Hall–Kier alpha value is -1.03. The van der Waals surface area contributed by atoms with E-state index >= 15 is 0 Å². The van der Waals surface area contributed by atoms with Crippen LogP contribution in [0.25, 0.3) is 0 Å². The van der Waals surface area contributed by atoms with Crippen LogP contribution >= 0.6 is 23.5 Å². The molecule has 1 aliphatic rings. The van der Waals surface area contributed by atoms with Crippen molar-refractivity contribution >= 4 is 45.0 Å². The van der Waals surface area contributed by atoms with Crippen molar-refractivity contribution in [2.24, 2.45) is 9.98 Å². The van der Waals surface area contributed by atoms with E-state index in [1.807, 2.05) is 23.5 Å². The fourth-order valence-electron chi connectivity index (χ4n) is 3.46.